The third-order valence-corrected chi connectivity index (χ3v) is 9.39. The maximum atomic E-state index is 13.5. The Morgan fingerprint density at radius 3 is 2.44 bits per heavy atom. The molecule has 2 bridgehead atoms. The fourth-order valence-electron chi connectivity index (χ4n) is 6.53. The lowest BCUT2D eigenvalue weighted by Crippen LogP contribution is -2.50. The molecule has 11 heteroatoms. The molecule has 2 aromatic heterocycles. The van der Waals surface area contributed by atoms with E-state index in [1.807, 2.05) is 29.2 Å². The minimum absolute atomic E-state index is 0.00610. The number of nitrogens with zero attached hydrogens (tertiary/aromatic N) is 4. The zero-order valence-corrected chi connectivity index (χ0v) is 24.9. The summed E-state index contributed by atoms with van der Waals surface area (Å²) in [6.45, 7) is 0.228. The summed E-state index contributed by atoms with van der Waals surface area (Å²) in [5, 5.41) is 18.4. The molecule has 3 fully saturated rings. The molecule has 2 unspecified atom stereocenters. The number of carbonyl (C=O) groups is 1. The second kappa shape index (κ2) is 11.9. The van der Waals surface area contributed by atoms with Crippen molar-refractivity contribution >= 4 is 34.9 Å². The minimum Gasteiger partial charge on any atom is -0.392 e. The molecule has 9 nitrogen and oxygen atoms in total. The predicted octanol–water partition coefficient (Wildman–Crippen LogP) is 7.22. The average Bonchev–Trinajstić information content (AvgIpc) is 3.72. The lowest BCUT2D eigenvalue weighted by atomic mass is 9.99. The van der Waals surface area contributed by atoms with E-state index in [0.29, 0.717) is 39.5 Å². The molecule has 0 spiro atoms. The van der Waals surface area contributed by atoms with E-state index in [1.54, 1.807) is 24.5 Å². The molecule has 2 atom stereocenters. The van der Waals surface area contributed by atoms with Crippen molar-refractivity contribution in [1.29, 1.82) is 0 Å². The zero-order chi connectivity index (χ0) is 29.5. The first-order chi connectivity index (χ1) is 21.0. The van der Waals surface area contributed by atoms with Crippen LogP contribution in [0.5, 0.6) is 0 Å². The van der Waals surface area contributed by atoms with Crippen LogP contribution in [-0.2, 0) is 18.0 Å². The number of urea groups is 1. The molecule has 2 aliphatic heterocycles. The fraction of sp³-hybridized carbons (Fsp3) is 0.375. The number of amides is 2. The summed E-state index contributed by atoms with van der Waals surface area (Å²) in [5.41, 5.74) is 5.18. The van der Waals surface area contributed by atoms with E-state index in [1.165, 1.54) is 6.33 Å². The van der Waals surface area contributed by atoms with Gasteiger partial charge in [-0.1, -0.05) is 40.5 Å². The summed E-state index contributed by atoms with van der Waals surface area (Å²) in [6, 6.07) is 11.0. The average molecular weight is 621 g/mol. The number of aliphatic hydroxyl groups is 1. The predicted molar refractivity (Wildman–Crippen MR) is 163 cm³/mol. The maximum absolute atomic E-state index is 13.5. The van der Waals surface area contributed by atoms with Gasteiger partial charge in [0.05, 0.1) is 29.4 Å². The summed E-state index contributed by atoms with van der Waals surface area (Å²) in [4.78, 5) is 23.7. The Labute approximate surface area is 259 Å². The van der Waals surface area contributed by atoms with Crippen molar-refractivity contribution < 1.29 is 19.2 Å². The van der Waals surface area contributed by atoms with Crippen LogP contribution < -0.4 is 5.32 Å². The number of aliphatic hydroxyl groups excluding tert-OH is 1. The van der Waals surface area contributed by atoms with Gasteiger partial charge in [0.25, 0.3) is 0 Å². The largest absolute Gasteiger partial charge is 0.392 e. The molecule has 3 aliphatic rings. The lowest BCUT2D eigenvalue weighted by molar-refractivity contribution is -0.0158. The highest BCUT2D eigenvalue weighted by Gasteiger charge is 2.44. The molecule has 4 aromatic rings. The van der Waals surface area contributed by atoms with Crippen molar-refractivity contribution in [3.63, 3.8) is 0 Å². The number of rotatable bonds is 8. The topological polar surface area (TPSA) is 114 Å². The van der Waals surface area contributed by atoms with E-state index in [9.17, 15) is 9.90 Å². The lowest BCUT2D eigenvalue weighted by Gasteiger charge is -2.38. The molecule has 7 rings (SSSR count). The number of fused-ring (bicyclic) bond motifs is 2. The van der Waals surface area contributed by atoms with Crippen LogP contribution >= 0.6 is 23.2 Å². The Hall–Kier alpha value is -3.50. The van der Waals surface area contributed by atoms with E-state index < -0.39 is 0 Å². The number of halogens is 2. The van der Waals surface area contributed by atoms with Crippen LogP contribution in [0.25, 0.3) is 22.4 Å². The van der Waals surface area contributed by atoms with Crippen molar-refractivity contribution in [3.05, 3.63) is 82.1 Å². The first kappa shape index (κ1) is 28.3. The molecular weight excluding hydrogens is 589 g/mol. The van der Waals surface area contributed by atoms with Crippen LogP contribution in [0.3, 0.4) is 0 Å². The second-order valence-electron chi connectivity index (χ2n) is 11.5. The summed E-state index contributed by atoms with van der Waals surface area (Å²) in [5.74, 6) is 1.21. The van der Waals surface area contributed by atoms with Crippen molar-refractivity contribution in [2.45, 2.75) is 75.8 Å². The Kier molecular flexibility index (Phi) is 7.82. The molecule has 2 N–H and O–H groups in total. The van der Waals surface area contributed by atoms with Gasteiger partial charge < -0.3 is 24.6 Å². The van der Waals surface area contributed by atoms with Gasteiger partial charge in [-0.25, -0.2) is 14.8 Å². The molecule has 2 amide bonds. The molecule has 0 radical (unpaired) electrons. The van der Waals surface area contributed by atoms with Gasteiger partial charge in [0, 0.05) is 52.8 Å². The van der Waals surface area contributed by atoms with Gasteiger partial charge in [0.2, 0.25) is 0 Å². The quantitative estimate of drug-likeness (QED) is 0.214. The highest BCUT2D eigenvalue weighted by molar-refractivity contribution is 6.39. The van der Waals surface area contributed by atoms with Crippen molar-refractivity contribution in [3.8, 4) is 22.4 Å². The Morgan fingerprint density at radius 1 is 1.05 bits per heavy atom. The first-order valence-electron chi connectivity index (χ1n) is 14.6. The fourth-order valence-corrected chi connectivity index (χ4v) is 7.11. The van der Waals surface area contributed by atoms with E-state index in [0.717, 1.165) is 66.5 Å². The van der Waals surface area contributed by atoms with Gasteiger partial charge in [0.15, 0.2) is 0 Å². The van der Waals surface area contributed by atoms with Crippen LogP contribution in [-0.4, -0.2) is 49.3 Å². The van der Waals surface area contributed by atoms with Crippen molar-refractivity contribution in [2.75, 3.05) is 5.32 Å². The molecule has 4 heterocycles. The molecule has 1 aliphatic carbocycles. The SMILES string of the molecule is O=C(Nc1ccc(CO)c(-c2cncnc2)c1)N1C2CCC1CC(OCc1c(-c3c(Cl)cccc3Cl)noc1C1CC1)C2. The number of hydrogen-bond donors (Lipinski definition) is 2. The molecule has 1 saturated carbocycles. The van der Waals surface area contributed by atoms with Crippen molar-refractivity contribution in [1.82, 2.24) is 20.0 Å². The molecule has 2 aromatic carbocycles. The number of anilines is 1. The highest BCUT2D eigenvalue weighted by Crippen LogP contribution is 2.46. The number of benzene rings is 2. The Balaban J connectivity index is 1.04. The number of hydrogen-bond acceptors (Lipinski definition) is 7. The third-order valence-electron chi connectivity index (χ3n) is 8.76. The van der Waals surface area contributed by atoms with Gasteiger partial charge in [0.1, 0.15) is 17.8 Å². The van der Waals surface area contributed by atoms with Gasteiger partial charge in [-0.2, -0.15) is 0 Å². The smallest absolute Gasteiger partial charge is 0.322 e. The van der Waals surface area contributed by atoms with Crippen LogP contribution in [0.1, 0.15) is 61.3 Å². The van der Waals surface area contributed by atoms with Gasteiger partial charge >= 0.3 is 6.03 Å². The number of aromatic nitrogens is 3. The third kappa shape index (κ3) is 5.62. The first-order valence-corrected chi connectivity index (χ1v) is 15.4. The van der Waals surface area contributed by atoms with Crippen LogP contribution in [0.15, 0.2) is 59.6 Å². The molecular formula is C32H31Cl2N5O4. The number of ether oxygens (including phenoxy) is 1. The van der Waals surface area contributed by atoms with E-state index >= 15 is 0 Å². The number of nitrogens with one attached hydrogen (secondary N) is 1. The van der Waals surface area contributed by atoms with E-state index in [-0.39, 0.29) is 30.8 Å². The number of piperidine rings is 1. The van der Waals surface area contributed by atoms with E-state index in [4.69, 9.17) is 32.5 Å². The molecule has 2 saturated heterocycles. The summed E-state index contributed by atoms with van der Waals surface area (Å²) in [6.07, 6.45) is 10.4. The molecule has 222 valence electrons. The van der Waals surface area contributed by atoms with Gasteiger partial charge in [-0.3, -0.25) is 0 Å². The Morgan fingerprint density at radius 2 is 1.77 bits per heavy atom. The van der Waals surface area contributed by atoms with Crippen LogP contribution in [0.4, 0.5) is 10.5 Å². The minimum atomic E-state index is -0.125. The van der Waals surface area contributed by atoms with Crippen LogP contribution in [0, 0.1) is 0 Å². The van der Waals surface area contributed by atoms with Gasteiger partial charge in [-0.15, -0.1) is 0 Å². The van der Waals surface area contributed by atoms with Crippen LogP contribution in [0.2, 0.25) is 10.0 Å². The highest BCUT2D eigenvalue weighted by atomic mass is 35.5. The summed E-state index contributed by atoms with van der Waals surface area (Å²) in [7, 11) is 0. The Bertz CT molecular complexity index is 1610. The standard InChI is InChI=1S/C32H31Cl2N5O4/c33-27-2-1-3-28(34)29(27)30-26(31(43-38-30)18-4-5-18)16-42-24-11-22-8-9-23(12-24)39(22)32(41)37-21-7-6-19(15-40)25(10-21)20-13-35-17-36-14-20/h1-3,6-7,10,13-14,17-18,22-24,40H,4-5,8-9,11-12,15-16H2,(H,37,41). The summed E-state index contributed by atoms with van der Waals surface area (Å²) < 4.78 is 12.3. The second-order valence-corrected chi connectivity index (χ2v) is 12.3. The normalized spacial score (nSPS) is 21.3. The maximum Gasteiger partial charge on any atom is 0.322 e. The van der Waals surface area contributed by atoms with Gasteiger partial charge in [-0.05, 0) is 73.9 Å². The molecule has 43 heavy (non-hydrogen) atoms. The summed E-state index contributed by atoms with van der Waals surface area (Å²) >= 11 is 13.1. The monoisotopic (exact) mass is 619 g/mol. The van der Waals surface area contributed by atoms with E-state index in [2.05, 4.69) is 20.4 Å². The zero-order valence-electron chi connectivity index (χ0n) is 23.4. The van der Waals surface area contributed by atoms with Crippen molar-refractivity contribution in [2.24, 2.45) is 0 Å². The number of carbonyl (C=O) groups excluding carboxylic acids is 1.